The number of benzene rings is 1. The first-order valence-electron chi connectivity index (χ1n) is 9.71. The molecule has 5 heteroatoms. The van der Waals surface area contributed by atoms with E-state index in [2.05, 4.69) is 52.2 Å². The van der Waals surface area contributed by atoms with Crippen molar-refractivity contribution in [2.75, 3.05) is 50.7 Å². The fourth-order valence-corrected chi connectivity index (χ4v) is 3.59. The molecule has 1 saturated carbocycles. The molecular weight excluding hydrogens is 310 g/mol. The quantitative estimate of drug-likeness (QED) is 0.614. The third-order valence-corrected chi connectivity index (χ3v) is 5.77. The monoisotopic (exact) mass is 343 g/mol. The maximum atomic E-state index is 5.96. The predicted molar refractivity (Wildman–Crippen MR) is 106 cm³/mol. The third kappa shape index (κ3) is 4.88. The highest BCUT2D eigenvalue weighted by Gasteiger charge is 2.19. The Kier molecular flexibility index (Phi) is 6.19. The van der Waals surface area contributed by atoms with Crippen LogP contribution < -0.4 is 16.0 Å². The smallest absolute Gasteiger partial charge is 0.188 e. The molecule has 0 atom stereocenters. The van der Waals surface area contributed by atoms with Crippen LogP contribution in [0.25, 0.3) is 0 Å². The average Bonchev–Trinajstić information content (AvgIpc) is 2.57. The van der Waals surface area contributed by atoms with Gasteiger partial charge in [-0.15, -0.1) is 0 Å². The van der Waals surface area contributed by atoms with Crippen LogP contribution in [0.2, 0.25) is 0 Å². The first-order chi connectivity index (χ1) is 12.1. The van der Waals surface area contributed by atoms with Crippen LogP contribution in [0.5, 0.6) is 0 Å². The molecule has 5 nitrogen and oxygen atoms in total. The van der Waals surface area contributed by atoms with E-state index in [0.717, 1.165) is 51.7 Å². The van der Waals surface area contributed by atoms with E-state index in [4.69, 9.17) is 5.73 Å². The van der Waals surface area contributed by atoms with Gasteiger partial charge >= 0.3 is 0 Å². The van der Waals surface area contributed by atoms with E-state index in [-0.39, 0.29) is 0 Å². The summed E-state index contributed by atoms with van der Waals surface area (Å²) in [5.74, 6) is 1.39. The van der Waals surface area contributed by atoms with Gasteiger partial charge in [0.25, 0.3) is 0 Å². The van der Waals surface area contributed by atoms with Crippen LogP contribution in [0.4, 0.5) is 5.69 Å². The lowest BCUT2D eigenvalue weighted by molar-refractivity contribution is 0.261. The highest BCUT2D eigenvalue weighted by Crippen LogP contribution is 2.26. The molecule has 1 heterocycles. The topological polar surface area (TPSA) is 56.9 Å². The molecule has 0 spiro atoms. The number of anilines is 1. The highest BCUT2D eigenvalue weighted by molar-refractivity contribution is 5.77. The molecule has 2 fully saturated rings. The van der Waals surface area contributed by atoms with E-state index in [1.54, 1.807) is 0 Å². The number of aliphatic imine (C=N–C) groups is 1. The van der Waals surface area contributed by atoms with Crippen LogP contribution in [0.15, 0.2) is 23.2 Å². The maximum Gasteiger partial charge on any atom is 0.188 e. The van der Waals surface area contributed by atoms with Crippen molar-refractivity contribution in [2.45, 2.75) is 33.1 Å². The molecule has 3 rings (SSSR count). The Bertz CT molecular complexity index is 586. The molecule has 3 N–H and O–H groups in total. The van der Waals surface area contributed by atoms with Crippen molar-refractivity contribution in [1.29, 1.82) is 0 Å². The van der Waals surface area contributed by atoms with Crippen LogP contribution in [-0.4, -0.2) is 56.7 Å². The number of rotatable bonds is 6. The molecule has 2 aliphatic rings. The van der Waals surface area contributed by atoms with E-state index in [1.165, 1.54) is 36.1 Å². The lowest BCUT2D eigenvalue weighted by Gasteiger charge is -2.37. The van der Waals surface area contributed by atoms with Crippen molar-refractivity contribution in [3.05, 3.63) is 29.3 Å². The van der Waals surface area contributed by atoms with Gasteiger partial charge in [0.2, 0.25) is 0 Å². The van der Waals surface area contributed by atoms with Gasteiger partial charge in [-0.05, 0) is 49.8 Å². The van der Waals surface area contributed by atoms with Crippen LogP contribution in [0, 0.1) is 19.8 Å². The number of hydrogen-bond acceptors (Lipinski definition) is 3. The zero-order valence-electron chi connectivity index (χ0n) is 15.8. The summed E-state index contributed by atoms with van der Waals surface area (Å²) in [7, 11) is 0. The molecule has 0 unspecified atom stereocenters. The molecular formula is C20H33N5. The van der Waals surface area contributed by atoms with Crippen molar-refractivity contribution in [1.82, 2.24) is 10.2 Å². The fourth-order valence-electron chi connectivity index (χ4n) is 3.59. The lowest BCUT2D eigenvalue weighted by Crippen LogP contribution is -2.49. The third-order valence-electron chi connectivity index (χ3n) is 5.77. The largest absolute Gasteiger partial charge is 0.370 e. The lowest BCUT2D eigenvalue weighted by atomic mass is 9.86. The maximum absolute atomic E-state index is 5.96. The minimum absolute atomic E-state index is 0.612. The number of piperazine rings is 1. The Hall–Kier alpha value is -1.75. The molecule has 25 heavy (non-hydrogen) atoms. The Balaban J connectivity index is 1.37. The van der Waals surface area contributed by atoms with Crippen LogP contribution in [0.3, 0.4) is 0 Å². The minimum atomic E-state index is 0.612. The molecule has 0 amide bonds. The molecule has 1 aliphatic heterocycles. The molecule has 138 valence electrons. The first-order valence-corrected chi connectivity index (χ1v) is 9.71. The molecule has 1 aromatic carbocycles. The summed E-state index contributed by atoms with van der Waals surface area (Å²) in [5, 5.41) is 3.27. The second-order valence-electron chi connectivity index (χ2n) is 7.50. The summed E-state index contributed by atoms with van der Waals surface area (Å²) >= 11 is 0. The SMILES string of the molecule is Cc1cccc(N2CCN(CCNC(N)=NCC3CCC3)CC2)c1C. The minimum Gasteiger partial charge on any atom is -0.370 e. The van der Waals surface area contributed by atoms with Crippen LogP contribution in [-0.2, 0) is 0 Å². The Morgan fingerprint density at radius 1 is 1.20 bits per heavy atom. The summed E-state index contributed by atoms with van der Waals surface area (Å²) in [6.07, 6.45) is 4.00. The van der Waals surface area contributed by atoms with E-state index < -0.39 is 0 Å². The Labute approximate surface area is 152 Å². The van der Waals surface area contributed by atoms with Gasteiger partial charge in [0.1, 0.15) is 0 Å². The second-order valence-corrected chi connectivity index (χ2v) is 7.50. The van der Waals surface area contributed by atoms with E-state index >= 15 is 0 Å². The molecule has 1 aliphatic carbocycles. The van der Waals surface area contributed by atoms with Crippen LogP contribution >= 0.6 is 0 Å². The number of nitrogens with two attached hydrogens (primary N) is 1. The summed E-state index contributed by atoms with van der Waals surface area (Å²) in [6, 6.07) is 6.61. The normalized spacial score (nSPS) is 19.8. The highest BCUT2D eigenvalue weighted by atomic mass is 15.3. The van der Waals surface area contributed by atoms with Crippen molar-refractivity contribution < 1.29 is 0 Å². The van der Waals surface area contributed by atoms with Crippen molar-refractivity contribution in [3.63, 3.8) is 0 Å². The number of nitrogens with one attached hydrogen (secondary N) is 1. The van der Waals surface area contributed by atoms with Gasteiger partial charge in [0.15, 0.2) is 5.96 Å². The van der Waals surface area contributed by atoms with Gasteiger partial charge in [-0.25, -0.2) is 0 Å². The average molecular weight is 344 g/mol. The number of aryl methyl sites for hydroxylation is 1. The summed E-state index contributed by atoms with van der Waals surface area (Å²) in [6.45, 7) is 11.6. The van der Waals surface area contributed by atoms with E-state index in [1.807, 2.05) is 0 Å². The first kappa shape index (κ1) is 18.1. The summed E-state index contributed by atoms with van der Waals surface area (Å²) < 4.78 is 0. The molecule has 0 radical (unpaired) electrons. The van der Waals surface area contributed by atoms with Gasteiger partial charge in [-0.2, -0.15) is 0 Å². The van der Waals surface area contributed by atoms with E-state index in [0.29, 0.717) is 5.96 Å². The molecule has 0 aromatic heterocycles. The predicted octanol–water partition coefficient (Wildman–Crippen LogP) is 2.13. The zero-order valence-corrected chi connectivity index (χ0v) is 15.8. The van der Waals surface area contributed by atoms with Crippen molar-refractivity contribution >= 4 is 11.6 Å². The van der Waals surface area contributed by atoms with Gasteiger partial charge in [0.05, 0.1) is 0 Å². The standard InChI is InChI=1S/C20H33N5/c1-16-5-3-8-19(17(16)2)25-13-11-24(12-14-25)10-9-22-20(21)23-15-18-6-4-7-18/h3,5,8,18H,4,6-7,9-15H2,1-2H3,(H3,21,22,23). The van der Waals surface area contributed by atoms with Gasteiger partial charge in [-0.3, -0.25) is 9.89 Å². The van der Waals surface area contributed by atoms with Gasteiger partial charge in [0, 0.05) is 51.5 Å². The van der Waals surface area contributed by atoms with Crippen molar-refractivity contribution in [2.24, 2.45) is 16.6 Å². The zero-order chi connectivity index (χ0) is 17.6. The fraction of sp³-hybridized carbons (Fsp3) is 0.650. The van der Waals surface area contributed by atoms with Crippen LogP contribution in [0.1, 0.15) is 30.4 Å². The molecule has 0 bridgehead atoms. The Morgan fingerprint density at radius 2 is 1.96 bits per heavy atom. The van der Waals surface area contributed by atoms with Gasteiger partial charge < -0.3 is 16.0 Å². The second kappa shape index (κ2) is 8.56. The Morgan fingerprint density at radius 3 is 2.64 bits per heavy atom. The van der Waals surface area contributed by atoms with Gasteiger partial charge in [-0.1, -0.05) is 18.6 Å². The number of nitrogens with zero attached hydrogens (tertiary/aromatic N) is 3. The molecule has 1 saturated heterocycles. The number of hydrogen-bond donors (Lipinski definition) is 2. The summed E-state index contributed by atoms with van der Waals surface area (Å²) in [5.41, 5.74) is 10.1. The summed E-state index contributed by atoms with van der Waals surface area (Å²) in [4.78, 5) is 9.48. The molecule has 1 aromatic rings. The van der Waals surface area contributed by atoms with Crippen molar-refractivity contribution in [3.8, 4) is 0 Å². The van der Waals surface area contributed by atoms with E-state index in [9.17, 15) is 0 Å². The number of guanidine groups is 1.